The normalized spacial score (nSPS) is 20.8. The van der Waals surface area contributed by atoms with Gasteiger partial charge >= 0.3 is 0 Å². The Morgan fingerprint density at radius 2 is 1.27 bits per heavy atom. The summed E-state index contributed by atoms with van der Waals surface area (Å²) in [6.45, 7) is 0. The molecule has 0 aromatic rings. The Hall–Kier alpha value is -0.700. The van der Waals surface area contributed by atoms with Gasteiger partial charge in [-0.3, -0.25) is 0 Å². The number of rotatable bonds is 0. The fourth-order valence-electron chi connectivity index (χ4n) is 1.99. The van der Waals surface area contributed by atoms with Crippen LogP contribution in [0.1, 0.15) is 70.6 Å². The Balaban J connectivity index is 2.19. The van der Waals surface area contributed by atoms with E-state index in [2.05, 4.69) is 17.9 Å². The van der Waals surface area contributed by atoms with Crippen LogP contribution in [0.15, 0.2) is 12.2 Å². The second kappa shape index (κ2) is 9.84. The second-order valence-electron chi connectivity index (χ2n) is 4.44. The second-order valence-corrected chi connectivity index (χ2v) is 4.44. The summed E-state index contributed by atoms with van der Waals surface area (Å²) in [5.41, 5.74) is 0. The molecule has 84 valence electrons. The van der Waals surface area contributed by atoms with Gasteiger partial charge < -0.3 is 0 Å². The van der Waals surface area contributed by atoms with Gasteiger partial charge in [0.15, 0.2) is 0 Å². The van der Waals surface area contributed by atoms with E-state index >= 15 is 0 Å². The first kappa shape index (κ1) is 12.4. The predicted octanol–water partition coefficient (Wildman–Crippen LogP) is 4.85. The van der Waals surface area contributed by atoms with Crippen molar-refractivity contribution in [3.8, 4) is 11.8 Å². The Morgan fingerprint density at radius 3 is 2.00 bits per heavy atom. The van der Waals surface area contributed by atoms with Crippen molar-refractivity contribution in [3.63, 3.8) is 0 Å². The zero-order valence-corrected chi connectivity index (χ0v) is 9.93. The Kier molecular flexibility index (Phi) is 8.11. The molecule has 0 nitrogen and oxygen atoms in total. The van der Waals surface area contributed by atoms with Crippen molar-refractivity contribution < 1.29 is 0 Å². The number of allylic oxidation sites excluding steroid dienone is 2. The summed E-state index contributed by atoms with van der Waals surface area (Å²) in [6, 6.07) is 0. The molecule has 0 aromatic heterocycles. The highest BCUT2D eigenvalue weighted by Crippen LogP contribution is 2.11. The molecule has 0 saturated heterocycles. The van der Waals surface area contributed by atoms with Crippen LogP contribution in [0.3, 0.4) is 0 Å². The maximum atomic E-state index is 3.22. The predicted molar refractivity (Wildman–Crippen MR) is 67.7 cm³/mol. The first-order valence-electron chi connectivity index (χ1n) is 6.63. The van der Waals surface area contributed by atoms with Crippen LogP contribution in [0.25, 0.3) is 0 Å². The Bertz CT molecular complexity index is 214. The van der Waals surface area contributed by atoms with E-state index in [4.69, 9.17) is 0 Å². The number of hydrogen-bond donors (Lipinski definition) is 0. The molecule has 0 N–H and O–H groups in total. The Morgan fingerprint density at radius 1 is 0.667 bits per heavy atom. The lowest BCUT2D eigenvalue weighted by molar-refractivity contribution is 0.562. The lowest BCUT2D eigenvalue weighted by Gasteiger charge is -2.00. The minimum atomic E-state index is 1.09. The lowest BCUT2D eigenvalue weighted by Crippen LogP contribution is -1.81. The summed E-state index contributed by atoms with van der Waals surface area (Å²) in [6.07, 6.45) is 19.2. The van der Waals surface area contributed by atoms with Gasteiger partial charge in [-0.15, -0.1) is 0 Å². The van der Waals surface area contributed by atoms with Crippen molar-refractivity contribution in [3.05, 3.63) is 12.2 Å². The summed E-state index contributed by atoms with van der Waals surface area (Å²) in [4.78, 5) is 0. The average Bonchev–Trinajstić information content (AvgIpc) is 2.27. The van der Waals surface area contributed by atoms with Crippen LogP contribution in [0.4, 0.5) is 0 Å². The molecule has 0 heterocycles. The summed E-state index contributed by atoms with van der Waals surface area (Å²) in [5, 5.41) is 0. The zero-order chi connectivity index (χ0) is 10.6. The molecule has 0 aliphatic heterocycles. The minimum Gasteiger partial charge on any atom is -0.0985 e. The third kappa shape index (κ3) is 8.30. The molecule has 1 aliphatic rings. The van der Waals surface area contributed by atoms with Crippen molar-refractivity contribution >= 4 is 0 Å². The fraction of sp³-hybridized carbons (Fsp3) is 0.733. The smallest absolute Gasteiger partial charge is 0.00922 e. The summed E-state index contributed by atoms with van der Waals surface area (Å²) in [5.74, 6) is 6.34. The molecule has 1 aliphatic carbocycles. The van der Waals surface area contributed by atoms with Crippen molar-refractivity contribution in [2.75, 3.05) is 0 Å². The average molecular weight is 204 g/mol. The highest BCUT2D eigenvalue weighted by molar-refractivity contribution is 5.14. The van der Waals surface area contributed by atoms with E-state index in [0.29, 0.717) is 0 Å². The molecule has 0 unspecified atom stereocenters. The molecule has 0 spiro atoms. The monoisotopic (exact) mass is 204 g/mol. The molecule has 0 radical (unpaired) electrons. The van der Waals surface area contributed by atoms with Crippen LogP contribution >= 0.6 is 0 Å². The highest BCUT2D eigenvalue weighted by Gasteiger charge is 1.92. The quantitative estimate of drug-likeness (QED) is 0.495. The van der Waals surface area contributed by atoms with Crippen LogP contribution < -0.4 is 0 Å². The molecule has 1 rings (SSSR count). The van der Waals surface area contributed by atoms with Gasteiger partial charge in [0, 0.05) is 6.42 Å². The topological polar surface area (TPSA) is 0 Å². The molecule has 0 amide bonds. The van der Waals surface area contributed by atoms with Gasteiger partial charge in [-0.25, -0.2) is 0 Å². The van der Waals surface area contributed by atoms with Crippen LogP contribution in [0.5, 0.6) is 0 Å². The first-order valence-corrected chi connectivity index (χ1v) is 6.63. The highest BCUT2D eigenvalue weighted by atomic mass is 14.0. The van der Waals surface area contributed by atoms with Gasteiger partial charge in [0.05, 0.1) is 0 Å². The summed E-state index contributed by atoms with van der Waals surface area (Å²) >= 11 is 0. The van der Waals surface area contributed by atoms with Crippen molar-refractivity contribution in [1.82, 2.24) is 0 Å². The van der Waals surface area contributed by atoms with Crippen LogP contribution in [0.2, 0.25) is 0 Å². The van der Waals surface area contributed by atoms with E-state index in [1.807, 2.05) is 6.08 Å². The van der Waals surface area contributed by atoms with E-state index in [1.165, 1.54) is 64.2 Å². The summed E-state index contributed by atoms with van der Waals surface area (Å²) < 4.78 is 0. The van der Waals surface area contributed by atoms with E-state index in [1.54, 1.807) is 0 Å². The largest absolute Gasteiger partial charge is 0.0985 e. The summed E-state index contributed by atoms with van der Waals surface area (Å²) in [7, 11) is 0. The van der Waals surface area contributed by atoms with Crippen molar-refractivity contribution in [1.29, 1.82) is 0 Å². The molecule has 0 atom stereocenters. The van der Waals surface area contributed by atoms with E-state index < -0.39 is 0 Å². The van der Waals surface area contributed by atoms with E-state index in [0.717, 1.165) is 6.42 Å². The Labute approximate surface area is 95.2 Å². The first-order chi connectivity index (χ1) is 7.50. The lowest BCUT2D eigenvalue weighted by atomic mass is 10.1. The van der Waals surface area contributed by atoms with E-state index in [-0.39, 0.29) is 0 Å². The van der Waals surface area contributed by atoms with Crippen LogP contribution in [0, 0.1) is 11.8 Å². The van der Waals surface area contributed by atoms with Crippen molar-refractivity contribution in [2.24, 2.45) is 0 Å². The van der Waals surface area contributed by atoms with Gasteiger partial charge in [-0.05, 0) is 25.3 Å². The van der Waals surface area contributed by atoms with E-state index in [9.17, 15) is 0 Å². The number of hydrogen-bond acceptors (Lipinski definition) is 0. The molecule has 0 aromatic carbocycles. The minimum absolute atomic E-state index is 1.09. The molecule has 0 heteroatoms. The van der Waals surface area contributed by atoms with Crippen molar-refractivity contribution in [2.45, 2.75) is 70.6 Å². The maximum Gasteiger partial charge on any atom is 0.00922 e. The van der Waals surface area contributed by atoms with Gasteiger partial charge in [0.1, 0.15) is 0 Å². The molecule has 0 fully saturated rings. The zero-order valence-electron chi connectivity index (χ0n) is 9.93. The van der Waals surface area contributed by atoms with Crippen LogP contribution in [-0.2, 0) is 0 Å². The van der Waals surface area contributed by atoms with Crippen LogP contribution in [-0.4, -0.2) is 0 Å². The molecule has 0 bridgehead atoms. The third-order valence-corrected chi connectivity index (χ3v) is 2.98. The molecule has 15 heavy (non-hydrogen) atoms. The van der Waals surface area contributed by atoms with Gasteiger partial charge in [0.25, 0.3) is 0 Å². The third-order valence-electron chi connectivity index (χ3n) is 2.98. The molecule has 0 saturated carbocycles. The standard InChI is InChI=1S/C15H24/c1-2-4-6-8-10-12-14-15-13-11-9-7-5-3-1/h1-2H,3,5,7-15H2. The molecular formula is C15H24. The fourth-order valence-corrected chi connectivity index (χ4v) is 1.99. The SMILES string of the molecule is C1#CCCCCCCCCCCCC=C1. The molecular weight excluding hydrogens is 180 g/mol. The van der Waals surface area contributed by atoms with Gasteiger partial charge in [-0.2, -0.15) is 0 Å². The maximum absolute atomic E-state index is 3.22. The van der Waals surface area contributed by atoms with Gasteiger partial charge in [0.2, 0.25) is 0 Å². The van der Waals surface area contributed by atoms with Gasteiger partial charge in [-0.1, -0.05) is 62.9 Å².